The number of esters is 1. The van der Waals surface area contributed by atoms with E-state index in [4.69, 9.17) is 15.2 Å². The van der Waals surface area contributed by atoms with Crippen LogP contribution in [0.25, 0.3) is 22.4 Å². The van der Waals surface area contributed by atoms with E-state index in [-0.39, 0.29) is 29.6 Å². The number of aromatic nitrogens is 4. The Bertz CT molecular complexity index is 1190. The number of hydrogen-bond acceptors (Lipinski definition) is 10. The Morgan fingerprint density at radius 1 is 1.15 bits per heavy atom. The van der Waals surface area contributed by atoms with Gasteiger partial charge in [0.2, 0.25) is 11.8 Å². The number of piperidine rings is 1. The van der Waals surface area contributed by atoms with E-state index in [1.54, 1.807) is 42.4 Å². The van der Waals surface area contributed by atoms with Crippen molar-refractivity contribution >= 4 is 29.0 Å². The highest BCUT2D eigenvalue weighted by Crippen LogP contribution is 2.24. The van der Waals surface area contributed by atoms with Crippen LogP contribution in [0.2, 0.25) is 0 Å². The Labute approximate surface area is 196 Å². The van der Waals surface area contributed by atoms with E-state index in [2.05, 4.69) is 25.4 Å². The second-order valence-electron chi connectivity index (χ2n) is 7.80. The highest BCUT2D eigenvalue weighted by molar-refractivity contribution is 5.94. The smallest absolute Gasteiger partial charge is 0.310 e. The van der Waals surface area contributed by atoms with Crippen molar-refractivity contribution in [2.24, 2.45) is 5.92 Å². The van der Waals surface area contributed by atoms with E-state index in [0.29, 0.717) is 48.7 Å². The van der Waals surface area contributed by atoms with Crippen molar-refractivity contribution in [3.05, 3.63) is 36.0 Å². The average molecular weight is 466 g/mol. The molecule has 1 aromatic carbocycles. The third-order valence-corrected chi connectivity index (χ3v) is 5.42. The highest BCUT2D eigenvalue weighted by atomic mass is 16.5. The molecule has 11 nitrogen and oxygen atoms in total. The predicted molar refractivity (Wildman–Crippen MR) is 125 cm³/mol. The van der Waals surface area contributed by atoms with Crippen LogP contribution in [0.1, 0.15) is 37.0 Å². The van der Waals surface area contributed by atoms with E-state index < -0.39 is 0 Å². The SMILES string of the molecule is CCOC(=O)C1CCCN(NC(=O)c2ccc(-c3cnc4nc(N)nc(OCC)c4n3)cc2)C1. The first kappa shape index (κ1) is 23.3. The maximum Gasteiger partial charge on any atom is 0.310 e. The molecule has 11 heteroatoms. The van der Waals surface area contributed by atoms with Gasteiger partial charge < -0.3 is 15.2 Å². The minimum atomic E-state index is -0.247. The maximum absolute atomic E-state index is 12.7. The molecule has 0 spiro atoms. The molecule has 3 N–H and O–H groups in total. The first-order chi connectivity index (χ1) is 16.5. The zero-order chi connectivity index (χ0) is 24.1. The quantitative estimate of drug-likeness (QED) is 0.497. The van der Waals surface area contributed by atoms with Gasteiger partial charge in [-0.1, -0.05) is 12.1 Å². The summed E-state index contributed by atoms with van der Waals surface area (Å²) in [7, 11) is 0. The Morgan fingerprint density at radius 2 is 1.94 bits per heavy atom. The number of nitrogens with zero attached hydrogens (tertiary/aromatic N) is 5. The second-order valence-corrected chi connectivity index (χ2v) is 7.80. The van der Waals surface area contributed by atoms with Gasteiger partial charge in [-0.2, -0.15) is 9.97 Å². The van der Waals surface area contributed by atoms with Crippen molar-refractivity contribution in [1.29, 1.82) is 0 Å². The van der Waals surface area contributed by atoms with E-state index in [1.165, 1.54) is 0 Å². The lowest BCUT2D eigenvalue weighted by atomic mass is 9.99. The van der Waals surface area contributed by atoms with Crippen molar-refractivity contribution in [3.63, 3.8) is 0 Å². The molecule has 0 aliphatic carbocycles. The van der Waals surface area contributed by atoms with Gasteiger partial charge in [-0.05, 0) is 38.8 Å². The number of hydrazine groups is 1. The number of carbonyl (C=O) groups excluding carboxylic acids is 2. The van der Waals surface area contributed by atoms with Crippen molar-refractivity contribution < 1.29 is 19.1 Å². The Morgan fingerprint density at radius 3 is 2.68 bits per heavy atom. The maximum atomic E-state index is 12.7. The van der Waals surface area contributed by atoms with Gasteiger partial charge in [0.1, 0.15) is 0 Å². The molecule has 4 rings (SSSR count). The molecular formula is C23H27N7O4. The molecular weight excluding hydrogens is 438 g/mol. The standard InChI is InChI=1S/C23H27N7O4/c1-3-33-21-18-19(27-23(24)28-21)25-12-17(26-18)14-7-9-15(10-8-14)20(31)29-30-11-5-6-16(13-30)22(32)34-4-2/h7-10,12,16H,3-6,11,13H2,1-2H3,(H,29,31)(H2,24,25,27,28). The van der Waals surface area contributed by atoms with Crippen LogP contribution in [0.5, 0.6) is 5.88 Å². The molecule has 1 atom stereocenters. The van der Waals surface area contributed by atoms with Crippen LogP contribution in [0.15, 0.2) is 30.5 Å². The third kappa shape index (κ3) is 5.20. The lowest BCUT2D eigenvalue weighted by Crippen LogP contribution is -2.49. The summed E-state index contributed by atoms with van der Waals surface area (Å²) < 4.78 is 10.6. The van der Waals surface area contributed by atoms with Crippen molar-refractivity contribution in [2.45, 2.75) is 26.7 Å². The fourth-order valence-electron chi connectivity index (χ4n) is 3.81. The number of benzene rings is 1. The molecule has 1 saturated heterocycles. The summed E-state index contributed by atoms with van der Waals surface area (Å²) >= 11 is 0. The number of hydrogen-bond donors (Lipinski definition) is 2. The van der Waals surface area contributed by atoms with Gasteiger partial charge in [0, 0.05) is 24.2 Å². The number of fused-ring (bicyclic) bond motifs is 1. The number of rotatable bonds is 7. The summed E-state index contributed by atoms with van der Waals surface area (Å²) in [6.07, 6.45) is 3.15. The monoisotopic (exact) mass is 465 g/mol. The van der Waals surface area contributed by atoms with Crippen LogP contribution in [0, 0.1) is 5.92 Å². The molecule has 2 aromatic heterocycles. The Kier molecular flexibility index (Phi) is 7.12. The van der Waals surface area contributed by atoms with Gasteiger partial charge >= 0.3 is 5.97 Å². The van der Waals surface area contributed by atoms with Crippen LogP contribution in [-0.4, -0.2) is 63.1 Å². The van der Waals surface area contributed by atoms with Crippen molar-refractivity contribution in [2.75, 3.05) is 32.0 Å². The molecule has 0 bridgehead atoms. The number of carbonyl (C=O) groups is 2. The number of ether oxygens (including phenoxy) is 2. The molecule has 0 radical (unpaired) electrons. The van der Waals surface area contributed by atoms with E-state index in [1.807, 2.05) is 6.92 Å². The van der Waals surface area contributed by atoms with Gasteiger partial charge in [0.25, 0.3) is 5.91 Å². The molecule has 1 unspecified atom stereocenters. The molecule has 178 valence electrons. The van der Waals surface area contributed by atoms with Crippen LogP contribution >= 0.6 is 0 Å². The van der Waals surface area contributed by atoms with E-state index in [9.17, 15) is 9.59 Å². The summed E-state index contributed by atoms with van der Waals surface area (Å²) in [6.45, 7) is 5.49. The fourth-order valence-corrected chi connectivity index (χ4v) is 3.81. The topological polar surface area (TPSA) is 145 Å². The van der Waals surface area contributed by atoms with Gasteiger partial charge in [-0.3, -0.25) is 15.0 Å². The largest absolute Gasteiger partial charge is 0.476 e. The van der Waals surface area contributed by atoms with Gasteiger partial charge in [0.15, 0.2) is 11.2 Å². The third-order valence-electron chi connectivity index (χ3n) is 5.42. The van der Waals surface area contributed by atoms with E-state index in [0.717, 1.165) is 18.4 Å². The molecule has 1 aliphatic heterocycles. The molecule has 3 aromatic rings. The summed E-state index contributed by atoms with van der Waals surface area (Å²) in [5.41, 5.74) is 11.2. The normalized spacial score (nSPS) is 16.2. The van der Waals surface area contributed by atoms with Gasteiger partial charge in [0.05, 0.1) is 31.0 Å². The van der Waals surface area contributed by atoms with Crippen LogP contribution in [-0.2, 0) is 9.53 Å². The van der Waals surface area contributed by atoms with Crippen molar-refractivity contribution in [1.82, 2.24) is 30.4 Å². The summed E-state index contributed by atoms with van der Waals surface area (Å²) in [5.74, 6) is -0.358. The second kappa shape index (κ2) is 10.4. The molecule has 1 fully saturated rings. The molecule has 1 aliphatic rings. The number of nitrogen functional groups attached to an aromatic ring is 1. The number of anilines is 1. The average Bonchev–Trinajstić information content (AvgIpc) is 2.84. The molecule has 34 heavy (non-hydrogen) atoms. The molecule has 0 saturated carbocycles. The minimum absolute atomic E-state index is 0.0654. The summed E-state index contributed by atoms with van der Waals surface area (Å²) in [4.78, 5) is 41.9. The highest BCUT2D eigenvalue weighted by Gasteiger charge is 2.27. The summed E-state index contributed by atoms with van der Waals surface area (Å²) in [6, 6.07) is 7.01. The van der Waals surface area contributed by atoms with Crippen molar-refractivity contribution in [3.8, 4) is 17.1 Å². The number of amides is 1. The molecule has 3 heterocycles. The van der Waals surface area contributed by atoms with E-state index >= 15 is 0 Å². The zero-order valence-corrected chi connectivity index (χ0v) is 19.2. The fraction of sp³-hybridized carbons (Fsp3) is 0.391. The lowest BCUT2D eigenvalue weighted by Gasteiger charge is -2.31. The first-order valence-corrected chi connectivity index (χ1v) is 11.2. The van der Waals surface area contributed by atoms with Crippen LogP contribution in [0.3, 0.4) is 0 Å². The Hall–Kier alpha value is -3.86. The molecule has 1 amide bonds. The first-order valence-electron chi connectivity index (χ1n) is 11.2. The van der Waals surface area contributed by atoms with Crippen LogP contribution in [0.4, 0.5) is 5.95 Å². The summed E-state index contributed by atoms with van der Waals surface area (Å²) in [5, 5.41) is 1.77. The lowest BCUT2D eigenvalue weighted by molar-refractivity contribution is -0.150. The van der Waals surface area contributed by atoms with Crippen LogP contribution < -0.4 is 15.9 Å². The number of nitrogens with one attached hydrogen (secondary N) is 1. The van der Waals surface area contributed by atoms with Gasteiger partial charge in [-0.25, -0.2) is 15.0 Å². The Balaban J connectivity index is 1.47. The minimum Gasteiger partial charge on any atom is -0.476 e. The zero-order valence-electron chi connectivity index (χ0n) is 19.2. The number of nitrogens with two attached hydrogens (primary N) is 1. The van der Waals surface area contributed by atoms with Gasteiger partial charge in [-0.15, -0.1) is 0 Å². The predicted octanol–water partition coefficient (Wildman–Crippen LogP) is 1.99.